The smallest absolute Gasteiger partial charge is 0.234 e. The van der Waals surface area contributed by atoms with Crippen molar-refractivity contribution in [1.82, 2.24) is 14.1 Å². The molecule has 0 amide bonds. The first-order chi connectivity index (χ1) is 10.7. The molecule has 3 heterocycles. The zero-order valence-electron chi connectivity index (χ0n) is 12.5. The first kappa shape index (κ1) is 13.1. The van der Waals surface area contributed by atoms with Crippen LogP contribution in [-0.4, -0.2) is 20.0 Å². The average molecular weight is 294 g/mol. The lowest BCUT2D eigenvalue weighted by Crippen LogP contribution is -2.30. The molecular formula is C17H18N4O. The summed E-state index contributed by atoms with van der Waals surface area (Å²) in [5, 5.41) is 0.950. The van der Waals surface area contributed by atoms with Gasteiger partial charge >= 0.3 is 0 Å². The summed E-state index contributed by atoms with van der Waals surface area (Å²) in [4.78, 5) is 17.4. The van der Waals surface area contributed by atoms with E-state index in [-0.39, 0.29) is 11.8 Å². The molecule has 0 spiro atoms. The standard InChI is InChI=1S/C17H18N4O/c1-11-16(18)13-4-2-3-5-14(13)21(11)17(22)12-6-8-20-9-7-19-15(20)10-12/h2-5,7,9,12H,6,8,10,18H2,1H3. The lowest BCUT2D eigenvalue weighted by molar-refractivity contribution is 0.0814. The largest absolute Gasteiger partial charge is 0.397 e. The SMILES string of the molecule is Cc1c(N)c2ccccc2n1C(=O)C1CCn2ccnc2C1. The summed E-state index contributed by atoms with van der Waals surface area (Å²) in [6, 6.07) is 7.82. The van der Waals surface area contributed by atoms with Gasteiger partial charge in [-0.25, -0.2) is 4.98 Å². The fraction of sp³-hybridized carbons (Fsp3) is 0.294. The molecule has 112 valence electrons. The number of benzene rings is 1. The van der Waals surface area contributed by atoms with E-state index >= 15 is 0 Å². The molecular weight excluding hydrogens is 276 g/mol. The van der Waals surface area contributed by atoms with Crippen LogP contribution in [0.2, 0.25) is 0 Å². The molecule has 1 aliphatic heterocycles. The minimum absolute atomic E-state index is 0.0381. The van der Waals surface area contributed by atoms with Gasteiger partial charge in [-0.2, -0.15) is 0 Å². The van der Waals surface area contributed by atoms with Gasteiger partial charge in [-0.15, -0.1) is 0 Å². The van der Waals surface area contributed by atoms with E-state index in [4.69, 9.17) is 5.73 Å². The maximum atomic E-state index is 13.0. The van der Waals surface area contributed by atoms with Gasteiger partial charge in [0.15, 0.2) is 0 Å². The number of anilines is 1. The zero-order valence-corrected chi connectivity index (χ0v) is 12.5. The lowest BCUT2D eigenvalue weighted by atomic mass is 9.96. The van der Waals surface area contributed by atoms with Crippen LogP contribution in [0.25, 0.3) is 10.9 Å². The molecule has 0 aliphatic carbocycles. The second-order valence-corrected chi connectivity index (χ2v) is 5.92. The number of aromatic nitrogens is 3. The van der Waals surface area contributed by atoms with Crippen LogP contribution in [0, 0.1) is 12.8 Å². The Morgan fingerprint density at radius 3 is 3.05 bits per heavy atom. The van der Waals surface area contributed by atoms with Crippen molar-refractivity contribution in [2.75, 3.05) is 5.73 Å². The van der Waals surface area contributed by atoms with Crippen LogP contribution in [0.5, 0.6) is 0 Å². The normalized spacial score (nSPS) is 17.6. The van der Waals surface area contributed by atoms with Crippen LogP contribution in [0.1, 0.15) is 22.7 Å². The number of nitrogens with zero attached hydrogens (tertiary/aromatic N) is 3. The first-order valence-corrected chi connectivity index (χ1v) is 7.56. The molecule has 0 bridgehead atoms. The van der Waals surface area contributed by atoms with E-state index in [0.717, 1.165) is 35.4 Å². The van der Waals surface area contributed by atoms with Gasteiger partial charge in [-0.3, -0.25) is 9.36 Å². The molecule has 2 N–H and O–H groups in total. The van der Waals surface area contributed by atoms with Crippen LogP contribution in [0.3, 0.4) is 0 Å². The van der Waals surface area contributed by atoms with Crippen molar-refractivity contribution in [3.05, 3.63) is 48.2 Å². The topological polar surface area (TPSA) is 65.8 Å². The van der Waals surface area contributed by atoms with Crippen LogP contribution < -0.4 is 5.73 Å². The van der Waals surface area contributed by atoms with Gasteiger partial charge in [-0.05, 0) is 19.4 Å². The predicted molar refractivity (Wildman–Crippen MR) is 85.8 cm³/mol. The number of carbonyl (C=O) groups is 1. The third-order valence-electron chi connectivity index (χ3n) is 4.68. The summed E-state index contributed by atoms with van der Waals surface area (Å²) in [5.74, 6) is 1.08. The molecule has 3 aromatic rings. The molecule has 22 heavy (non-hydrogen) atoms. The van der Waals surface area contributed by atoms with Gasteiger partial charge in [0.1, 0.15) is 5.82 Å². The number of hydrogen-bond donors (Lipinski definition) is 1. The molecule has 1 atom stereocenters. The first-order valence-electron chi connectivity index (χ1n) is 7.56. The minimum Gasteiger partial charge on any atom is -0.397 e. The molecule has 1 aromatic carbocycles. The molecule has 4 rings (SSSR count). The maximum absolute atomic E-state index is 13.0. The third kappa shape index (κ3) is 1.78. The van der Waals surface area contributed by atoms with Crippen molar-refractivity contribution in [3.63, 3.8) is 0 Å². The molecule has 5 nitrogen and oxygen atoms in total. The average Bonchev–Trinajstić information content (AvgIpc) is 3.10. The summed E-state index contributed by atoms with van der Waals surface area (Å²) in [6.07, 6.45) is 5.31. The van der Waals surface area contributed by atoms with Crippen molar-refractivity contribution < 1.29 is 4.79 Å². The van der Waals surface area contributed by atoms with Crippen molar-refractivity contribution in [2.45, 2.75) is 26.3 Å². The molecule has 1 unspecified atom stereocenters. The highest BCUT2D eigenvalue weighted by Crippen LogP contribution is 2.30. The fourth-order valence-electron chi connectivity index (χ4n) is 3.42. The van der Waals surface area contributed by atoms with Gasteiger partial charge < -0.3 is 10.3 Å². The van der Waals surface area contributed by atoms with Gasteiger partial charge in [-0.1, -0.05) is 18.2 Å². The quantitative estimate of drug-likeness (QED) is 0.750. The summed E-state index contributed by atoms with van der Waals surface area (Å²) < 4.78 is 3.91. The van der Waals surface area contributed by atoms with Crippen molar-refractivity contribution in [1.29, 1.82) is 0 Å². The van der Waals surface area contributed by atoms with E-state index in [2.05, 4.69) is 9.55 Å². The maximum Gasteiger partial charge on any atom is 0.234 e. The Morgan fingerprint density at radius 1 is 1.36 bits per heavy atom. The predicted octanol–water partition coefficient (Wildman–Crippen LogP) is 2.63. The Balaban J connectivity index is 1.77. The van der Waals surface area contributed by atoms with Crippen molar-refractivity contribution >= 4 is 22.5 Å². The van der Waals surface area contributed by atoms with Gasteiger partial charge in [0, 0.05) is 42.4 Å². The number of nitrogens with two attached hydrogens (primary N) is 1. The number of para-hydroxylation sites is 1. The van der Waals surface area contributed by atoms with E-state index in [1.807, 2.05) is 37.4 Å². The van der Waals surface area contributed by atoms with E-state index in [0.29, 0.717) is 12.1 Å². The Bertz CT molecular complexity index is 874. The van der Waals surface area contributed by atoms with Crippen LogP contribution in [-0.2, 0) is 13.0 Å². The minimum atomic E-state index is -0.0381. The number of hydrogen-bond acceptors (Lipinski definition) is 3. The molecule has 0 saturated heterocycles. The molecule has 2 aromatic heterocycles. The van der Waals surface area contributed by atoms with Crippen LogP contribution in [0.4, 0.5) is 5.69 Å². The number of carbonyl (C=O) groups excluding carboxylic acids is 1. The number of aryl methyl sites for hydroxylation is 1. The highest BCUT2D eigenvalue weighted by molar-refractivity contribution is 6.01. The Kier molecular flexibility index (Phi) is 2.82. The Labute approximate surface area is 128 Å². The van der Waals surface area contributed by atoms with Crippen LogP contribution in [0.15, 0.2) is 36.7 Å². The second-order valence-electron chi connectivity index (χ2n) is 5.92. The molecule has 0 fully saturated rings. The number of fused-ring (bicyclic) bond motifs is 2. The third-order valence-corrected chi connectivity index (χ3v) is 4.68. The van der Waals surface area contributed by atoms with E-state index in [1.165, 1.54) is 0 Å². The van der Waals surface area contributed by atoms with Crippen molar-refractivity contribution in [2.24, 2.45) is 5.92 Å². The summed E-state index contributed by atoms with van der Waals surface area (Å²) >= 11 is 0. The molecule has 1 aliphatic rings. The van der Waals surface area contributed by atoms with Gasteiger partial charge in [0.25, 0.3) is 0 Å². The Morgan fingerprint density at radius 2 is 2.18 bits per heavy atom. The van der Waals surface area contributed by atoms with Gasteiger partial charge in [0.05, 0.1) is 11.2 Å². The summed E-state index contributed by atoms with van der Waals surface area (Å²) in [6.45, 7) is 2.76. The molecule has 0 saturated carbocycles. The fourth-order valence-corrected chi connectivity index (χ4v) is 3.42. The number of imidazole rings is 1. The highest BCUT2D eigenvalue weighted by atomic mass is 16.2. The van der Waals surface area contributed by atoms with Crippen LogP contribution >= 0.6 is 0 Å². The number of rotatable bonds is 1. The van der Waals surface area contributed by atoms with E-state index in [1.54, 1.807) is 10.8 Å². The Hall–Kier alpha value is -2.56. The second kappa shape index (κ2) is 4.73. The monoisotopic (exact) mass is 294 g/mol. The zero-order chi connectivity index (χ0) is 15.3. The lowest BCUT2D eigenvalue weighted by Gasteiger charge is -2.23. The number of nitrogen functional groups attached to an aromatic ring is 1. The molecule has 0 radical (unpaired) electrons. The van der Waals surface area contributed by atoms with E-state index in [9.17, 15) is 4.79 Å². The summed E-state index contributed by atoms with van der Waals surface area (Å²) in [7, 11) is 0. The highest BCUT2D eigenvalue weighted by Gasteiger charge is 2.28. The van der Waals surface area contributed by atoms with E-state index < -0.39 is 0 Å². The molecule has 5 heteroatoms. The summed E-state index contributed by atoms with van der Waals surface area (Å²) in [5.41, 5.74) is 8.61. The van der Waals surface area contributed by atoms with Crippen molar-refractivity contribution in [3.8, 4) is 0 Å². The van der Waals surface area contributed by atoms with Gasteiger partial charge in [0.2, 0.25) is 5.91 Å².